The number of nitrogens with zero attached hydrogens (tertiary/aromatic N) is 4. The van der Waals surface area contributed by atoms with Crippen LogP contribution in [0.5, 0.6) is 0 Å². The average Bonchev–Trinajstić information content (AvgIpc) is 2.55. The maximum atomic E-state index is 11.6. The summed E-state index contributed by atoms with van der Waals surface area (Å²) >= 11 is 0. The number of aromatic nitrogens is 3. The van der Waals surface area contributed by atoms with Gasteiger partial charge in [0.2, 0.25) is 5.91 Å². The van der Waals surface area contributed by atoms with Gasteiger partial charge in [0, 0.05) is 42.8 Å². The molecule has 1 saturated heterocycles. The molecule has 6 nitrogen and oxygen atoms in total. The molecule has 1 N–H and O–H groups in total. The number of carbonyl (C=O) groups is 1. The summed E-state index contributed by atoms with van der Waals surface area (Å²) in [6.07, 6.45) is 4.28. The molecule has 0 saturated carbocycles. The quantitative estimate of drug-likeness (QED) is 0.911. The second-order valence-corrected chi connectivity index (χ2v) is 4.90. The Bertz CT molecular complexity index is 644. The smallest absolute Gasteiger partial charge is 0.239 e. The van der Waals surface area contributed by atoms with Crippen LogP contribution in [0.3, 0.4) is 0 Å². The Hall–Kier alpha value is -2.50. The zero-order valence-corrected chi connectivity index (χ0v) is 11.9. The summed E-state index contributed by atoms with van der Waals surface area (Å²) in [6.45, 7) is 3.82. The van der Waals surface area contributed by atoms with Crippen LogP contribution in [-0.2, 0) is 11.2 Å². The fourth-order valence-corrected chi connectivity index (χ4v) is 2.29. The normalized spacial score (nSPS) is 14.9. The van der Waals surface area contributed by atoms with Gasteiger partial charge in [-0.25, -0.2) is 9.97 Å². The van der Waals surface area contributed by atoms with Crippen molar-refractivity contribution in [2.75, 3.05) is 24.5 Å². The van der Waals surface area contributed by atoms with Crippen LogP contribution in [0.15, 0.2) is 30.6 Å². The van der Waals surface area contributed by atoms with Gasteiger partial charge in [-0.1, -0.05) is 6.92 Å². The van der Waals surface area contributed by atoms with E-state index in [1.165, 1.54) is 0 Å². The summed E-state index contributed by atoms with van der Waals surface area (Å²) in [4.78, 5) is 26.7. The Labute approximate surface area is 123 Å². The Morgan fingerprint density at radius 3 is 2.81 bits per heavy atom. The van der Waals surface area contributed by atoms with E-state index in [9.17, 15) is 4.79 Å². The lowest BCUT2D eigenvalue weighted by molar-refractivity contribution is -0.120. The Morgan fingerprint density at radius 1 is 1.29 bits per heavy atom. The van der Waals surface area contributed by atoms with Crippen LogP contribution in [-0.4, -0.2) is 40.5 Å². The van der Waals surface area contributed by atoms with Gasteiger partial charge in [-0.15, -0.1) is 0 Å². The molecular weight excluding hydrogens is 266 g/mol. The summed E-state index contributed by atoms with van der Waals surface area (Å²) in [7, 11) is 0. The number of amides is 1. The van der Waals surface area contributed by atoms with Crippen molar-refractivity contribution in [3.05, 3.63) is 36.3 Å². The SMILES string of the molecule is CCc1cc(N2CCNC(=O)C2)nc(-c2ccncc2)n1. The fraction of sp³-hybridized carbons (Fsp3) is 0.333. The molecule has 1 aliphatic heterocycles. The van der Waals surface area contributed by atoms with Gasteiger partial charge in [0.1, 0.15) is 5.82 Å². The molecule has 21 heavy (non-hydrogen) atoms. The molecule has 1 aliphatic rings. The van der Waals surface area contributed by atoms with Crippen molar-refractivity contribution in [3.8, 4) is 11.4 Å². The molecule has 0 spiro atoms. The van der Waals surface area contributed by atoms with Crippen molar-refractivity contribution < 1.29 is 4.79 Å². The second kappa shape index (κ2) is 5.87. The van der Waals surface area contributed by atoms with Gasteiger partial charge < -0.3 is 10.2 Å². The van der Waals surface area contributed by atoms with Crippen molar-refractivity contribution in [1.82, 2.24) is 20.3 Å². The number of pyridine rings is 1. The number of carbonyl (C=O) groups excluding carboxylic acids is 1. The number of rotatable bonds is 3. The number of piperazine rings is 1. The van der Waals surface area contributed by atoms with Gasteiger partial charge >= 0.3 is 0 Å². The van der Waals surface area contributed by atoms with Gasteiger partial charge in [-0.2, -0.15) is 0 Å². The van der Waals surface area contributed by atoms with Crippen LogP contribution < -0.4 is 10.2 Å². The molecule has 2 aromatic rings. The molecule has 0 radical (unpaired) electrons. The van der Waals surface area contributed by atoms with Crippen LogP contribution in [0.2, 0.25) is 0 Å². The van der Waals surface area contributed by atoms with Crippen molar-refractivity contribution in [3.63, 3.8) is 0 Å². The molecule has 0 aliphatic carbocycles. The molecule has 108 valence electrons. The highest BCUT2D eigenvalue weighted by atomic mass is 16.2. The number of hydrogen-bond donors (Lipinski definition) is 1. The molecule has 2 aromatic heterocycles. The second-order valence-electron chi connectivity index (χ2n) is 4.90. The van der Waals surface area contributed by atoms with Gasteiger partial charge in [-0.3, -0.25) is 9.78 Å². The number of nitrogens with one attached hydrogen (secondary N) is 1. The van der Waals surface area contributed by atoms with Crippen LogP contribution >= 0.6 is 0 Å². The third-order valence-electron chi connectivity index (χ3n) is 3.43. The highest BCUT2D eigenvalue weighted by Crippen LogP contribution is 2.20. The van der Waals surface area contributed by atoms with Crippen molar-refractivity contribution in [1.29, 1.82) is 0 Å². The molecule has 1 fully saturated rings. The van der Waals surface area contributed by atoms with Crippen LogP contribution in [0, 0.1) is 0 Å². The van der Waals surface area contributed by atoms with Crippen molar-refractivity contribution in [2.45, 2.75) is 13.3 Å². The first-order valence-electron chi connectivity index (χ1n) is 7.06. The Balaban J connectivity index is 1.99. The van der Waals surface area contributed by atoms with E-state index >= 15 is 0 Å². The third-order valence-corrected chi connectivity index (χ3v) is 3.43. The Kier molecular flexibility index (Phi) is 3.77. The van der Waals surface area contributed by atoms with Crippen molar-refractivity contribution in [2.24, 2.45) is 0 Å². The maximum Gasteiger partial charge on any atom is 0.239 e. The van der Waals surface area contributed by atoms with E-state index in [-0.39, 0.29) is 5.91 Å². The van der Waals surface area contributed by atoms with Gasteiger partial charge in [0.25, 0.3) is 0 Å². The zero-order chi connectivity index (χ0) is 14.7. The summed E-state index contributed by atoms with van der Waals surface area (Å²) in [5.74, 6) is 1.52. The zero-order valence-electron chi connectivity index (χ0n) is 11.9. The molecule has 6 heteroatoms. The lowest BCUT2D eigenvalue weighted by Gasteiger charge is -2.28. The first-order chi connectivity index (χ1) is 10.3. The predicted molar refractivity (Wildman–Crippen MR) is 79.9 cm³/mol. The third kappa shape index (κ3) is 2.99. The van der Waals surface area contributed by atoms with E-state index in [1.807, 2.05) is 23.1 Å². The predicted octanol–water partition coefficient (Wildman–Crippen LogP) is 1.04. The molecule has 0 atom stereocenters. The lowest BCUT2D eigenvalue weighted by Crippen LogP contribution is -2.48. The molecular formula is C15H17N5O. The van der Waals surface area contributed by atoms with Gasteiger partial charge in [0.05, 0.1) is 6.54 Å². The Morgan fingerprint density at radius 2 is 2.10 bits per heavy atom. The van der Waals surface area contributed by atoms with E-state index in [2.05, 4.69) is 27.2 Å². The minimum absolute atomic E-state index is 0.0309. The lowest BCUT2D eigenvalue weighted by atomic mass is 10.2. The van der Waals surface area contributed by atoms with Crippen LogP contribution in [0.25, 0.3) is 11.4 Å². The minimum Gasteiger partial charge on any atom is -0.353 e. The van der Waals surface area contributed by atoms with E-state index in [4.69, 9.17) is 0 Å². The van der Waals surface area contributed by atoms with E-state index in [0.29, 0.717) is 18.9 Å². The standard InChI is InChI=1S/C15H17N5O/c1-2-12-9-13(20-8-7-17-14(21)10-20)19-15(18-12)11-3-5-16-6-4-11/h3-6,9H,2,7-8,10H2,1H3,(H,17,21). The molecule has 0 bridgehead atoms. The van der Waals surface area contributed by atoms with Crippen LogP contribution in [0.4, 0.5) is 5.82 Å². The largest absolute Gasteiger partial charge is 0.353 e. The fourth-order valence-electron chi connectivity index (χ4n) is 2.29. The summed E-state index contributed by atoms with van der Waals surface area (Å²) < 4.78 is 0. The summed E-state index contributed by atoms with van der Waals surface area (Å²) in [6, 6.07) is 5.74. The molecule has 0 aromatic carbocycles. The molecule has 1 amide bonds. The first-order valence-corrected chi connectivity index (χ1v) is 7.06. The van der Waals surface area contributed by atoms with E-state index < -0.39 is 0 Å². The summed E-state index contributed by atoms with van der Waals surface area (Å²) in [5, 5.41) is 2.82. The summed E-state index contributed by atoms with van der Waals surface area (Å²) in [5.41, 5.74) is 1.90. The highest BCUT2D eigenvalue weighted by Gasteiger charge is 2.19. The highest BCUT2D eigenvalue weighted by molar-refractivity contribution is 5.82. The van der Waals surface area contributed by atoms with Gasteiger partial charge in [0.15, 0.2) is 5.82 Å². The molecule has 0 unspecified atom stereocenters. The minimum atomic E-state index is 0.0309. The topological polar surface area (TPSA) is 71.0 Å². The number of aryl methyl sites for hydroxylation is 1. The number of anilines is 1. The first kappa shape index (κ1) is 13.5. The van der Waals surface area contributed by atoms with Crippen LogP contribution in [0.1, 0.15) is 12.6 Å². The van der Waals surface area contributed by atoms with E-state index in [0.717, 1.165) is 30.0 Å². The molecule has 3 heterocycles. The van der Waals surface area contributed by atoms with Gasteiger partial charge in [-0.05, 0) is 18.6 Å². The average molecular weight is 283 g/mol. The van der Waals surface area contributed by atoms with Crippen molar-refractivity contribution >= 4 is 11.7 Å². The number of hydrogen-bond acceptors (Lipinski definition) is 5. The maximum absolute atomic E-state index is 11.6. The molecule has 3 rings (SSSR count). The van der Waals surface area contributed by atoms with E-state index in [1.54, 1.807) is 12.4 Å². The monoisotopic (exact) mass is 283 g/mol.